The molecule has 1 atom stereocenters. The molecule has 3 heteroatoms. The first-order valence-corrected chi connectivity index (χ1v) is 3.03. The van der Waals surface area contributed by atoms with Gasteiger partial charge in [0.1, 0.15) is 0 Å². The lowest BCUT2D eigenvalue weighted by molar-refractivity contribution is -0.309. The Morgan fingerprint density at radius 1 is 1.56 bits per heavy atom. The van der Waals surface area contributed by atoms with Crippen molar-refractivity contribution in [3.8, 4) is 6.07 Å². The predicted molar refractivity (Wildman–Crippen MR) is 32.4 cm³/mol. The summed E-state index contributed by atoms with van der Waals surface area (Å²) in [6.45, 7) is 4.16. The topological polar surface area (TPSA) is 42.2 Å². The van der Waals surface area contributed by atoms with Crippen LogP contribution in [0, 0.1) is 11.3 Å². The molecule has 0 aromatic rings. The molecule has 0 amide bonds. The molecule has 0 aliphatic rings. The van der Waals surface area contributed by atoms with Crippen molar-refractivity contribution in [2.24, 2.45) is 0 Å². The highest BCUT2D eigenvalue weighted by Gasteiger charge is 2.02. The van der Waals surface area contributed by atoms with Gasteiger partial charge in [-0.15, -0.1) is 0 Å². The summed E-state index contributed by atoms with van der Waals surface area (Å²) in [5, 5.41) is 8.30. The maximum atomic E-state index is 8.30. The summed E-state index contributed by atoms with van der Waals surface area (Å²) in [4.78, 5) is 9.18. The average Bonchev–Trinajstić information content (AvgIpc) is 1.91. The monoisotopic (exact) mass is 129 g/mol. The van der Waals surface area contributed by atoms with Gasteiger partial charge < -0.3 is 0 Å². The zero-order chi connectivity index (χ0) is 7.11. The largest absolute Gasteiger partial charge is 0.236 e. The molecule has 0 aromatic carbocycles. The van der Waals surface area contributed by atoms with Crippen LogP contribution in [0.3, 0.4) is 0 Å². The van der Waals surface area contributed by atoms with E-state index in [1.165, 1.54) is 0 Å². The van der Waals surface area contributed by atoms with Crippen LogP contribution in [0.1, 0.15) is 20.3 Å². The van der Waals surface area contributed by atoms with Gasteiger partial charge in [0, 0.05) is 0 Å². The Balaban J connectivity index is 3.23. The van der Waals surface area contributed by atoms with Gasteiger partial charge in [0.15, 0.2) is 6.10 Å². The Bertz CT molecular complexity index is 97.7. The van der Waals surface area contributed by atoms with Crippen molar-refractivity contribution in [2.45, 2.75) is 26.4 Å². The Labute approximate surface area is 55.1 Å². The van der Waals surface area contributed by atoms with E-state index in [0.717, 1.165) is 0 Å². The fraction of sp³-hybridized carbons (Fsp3) is 0.833. The van der Waals surface area contributed by atoms with Crippen LogP contribution in [-0.2, 0) is 9.78 Å². The minimum absolute atomic E-state index is 0.412. The summed E-state index contributed by atoms with van der Waals surface area (Å²) in [7, 11) is 0. The highest BCUT2D eigenvalue weighted by Crippen LogP contribution is 1.95. The van der Waals surface area contributed by atoms with Gasteiger partial charge in [0.2, 0.25) is 0 Å². The highest BCUT2D eigenvalue weighted by atomic mass is 17.2. The molecule has 0 saturated heterocycles. The summed E-state index contributed by atoms with van der Waals surface area (Å²) in [6.07, 6.45) is 0.251. The normalized spacial score (nSPS) is 12.6. The molecule has 0 aliphatic carbocycles. The molecule has 0 bridgehead atoms. The predicted octanol–water partition coefficient (Wildman–Crippen LogP) is 1.26. The van der Waals surface area contributed by atoms with Crippen LogP contribution in [0.25, 0.3) is 0 Å². The third-order valence-corrected chi connectivity index (χ3v) is 0.817. The first-order chi connectivity index (χ1) is 4.35. The summed E-state index contributed by atoms with van der Waals surface area (Å²) in [5.41, 5.74) is 0. The average molecular weight is 129 g/mol. The number of rotatable bonds is 4. The van der Waals surface area contributed by atoms with E-state index in [0.29, 0.717) is 13.0 Å². The second-order valence-corrected chi connectivity index (χ2v) is 1.53. The lowest BCUT2D eigenvalue weighted by atomic mass is 10.3. The highest BCUT2D eigenvalue weighted by molar-refractivity contribution is 4.80. The molecule has 0 spiro atoms. The minimum atomic E-state index is -0.412. The van der Waals surface area contributed by atoms with Crippen LogP contribution in [0.4, 0.5) is 0 Å². The van der Waals surface area contributed by atoms with Crippen LogP contribution < -0.4 is 0 Å². The van der Waals surface area contributed by atoms with Crippen molar-refractivity contribution in [3.05, 3.63) is 0 Å². The molecular formula is C6H11NO2. The maximum Gasteiger partial charge on any atom is 0.178 e. The number of hydrogen-bond donors (Lipinski definition) is 0. The fourth-order valence-corrected chi connectivity index (χ4v) is 0.331. The summed E-state index contributed by atoms with van der Waals surface area (Å²) in [5.74, 6) is 0. The smallest absolute Gasteiger partial charge is 0.178 e. The Morgan fingerprint density at radius 3 is 2.56 bits per heavy atom. The number of nitrogens with zero attached hydrogens (tertiary/aromatic N) is 1. The van der Waals surface area contributed by atoms with E-state index in [9.17, 15) is 0 Å². The van der Waals surface area contributed by atoms with Crippen molar-refractivity contribution in [1.82, 2.24) is 0 Å². The lowest BCUT2D eigenvalue weighted by Gasteiger charge is -2.03. The van der Waals surface area contributed by atoms with Crippen molar-refractivity contribution < 1.29 is 9.78 Å². The molecule has 0 aliphatic heterocycles. The van der Waals surface area contributed by atoms with E-state index < -0.39 is 6.10 Å². The molecule has 0 fully saturated rings. The fourth-order valence-electron chi connectivity index (χ4n) is 0.331. The molecule has 0 aromatic heterocycles. The van der Waals surface area contributed by atoms with Crippen LogP contribution in [0.5, 0.6) is 0 Å². The minimum Gasteiger partial charge on any atom is -0.236 e. The lowest BCUT2D eigenvalue weighted by Crippen LogP contribution is -2.08. The quantitative estimate of drug-likeness (QED) is 0.424. The summed E-state index contributed by atoms with van der Waals surface area (Å²) in [6, 6.07) is 1.94. The van der Waals surface area contributed by atoms with Gasteiger partial charge in [-0.05, 0) is 13.3 Å². The molecular weight excluding hydrogens is 118 g/mol. The maximum absolute atomic E-state index is 8.30. The molecule has 0 saturated carbocycles. The van der Waals surface area contributed by atoms with Gasteiger partial charge in [-0.1, -0.05) is 6.92 Å². The van der Waals surface area contributed by atoms with Gasteiger partial charge in [-0.2, -0.15) is 5.26 Å². The SMILES string of the molecule is CCOOC(C#N)CC. The first kappa shape index (κ1) is 8.41. The van der Waals surface area contributed by atoms with Crippen LogP contribution >= 0.6 is 0 Å². The second kappa shape index (κ2) is 5.54. The summed E-state index contributed by atoms with van der Waals surface area (Å²) < 4.78 is 0. The number of nitriles is 1. The molecule has 0 rings (SSSR count). The van der Waals surface area contributed by atoms with Crippen molar-refractivity contribution >= 4 is 0 Å². The van der Waals surface area contributed by atoms with Gasteiger partial charge in [0.05, 0.1) is 12.7 Å². The zero-order valence-electron chi connectivity index (χ0n) is 5.76. The molecule has 52 valence electrons. The Hall–Kier alpha value is -0.590. The second-order valence-electron chi connectivity index (χ2n) is 1.53. The van der Waals surface area contributed by atoms with Crippen LogP contribution in [0.2, 0.25) is 0 Å². The molecule has 0 N–H and O–H groups in total. The standard InChI is InChI=1S/C6H11NO2/c1-3-6(5-7)9-8-4-2/h6H,3-4H2,1-2H3. The Morgan fingerprint density at radius 2 is 2.22 bits per heavy atom. The molecule has 1 unspecified atom stereocenters. The van der Waals surface area contributed by atoms with Crippen molar-refractivity contribution in [2.75, 3.05) is 6.61 Å². The van der Waals surface area contributed by atoms with Crippen LogP contribution in [-0.4, -0.2) is 12.7 Å². The third-order valence-electron chi connectivity index (χ3n) is 0.817. The van der Waals surface area contributed by atoms with E-state index in [1.54, 1.807) is 0 Å². The van der Waals surface area contributed by atoms with Gasteiger partial charge >= 0.3 is 0 Å². The molecule has 3 nitrogen and oxygen atoms in total. The molecule has 9 heavy (non-hydrogen) atoms. The van der Waals surface area contributed by atoms with Crippen LogP contribution in [0.15, 0.2) is 0 Å². The van der Waals surface area contributed by atoms with Gasteiger partial charge in [-0.3, -0.25) is 0 Å². The molecule has 0 radical (unpaired) electrons. The van der Waals surface area contributed by atoms with Crippen molar-refractivity contribution in [1.29, 1.82) is 5.26 Å². The zero-order valence-corrected chi connectivity index (χ0v) is 5.76. The number of hydrogen-bond acceptors (Lipinski definition) is 3. The van der Waals surface area contributed by atoms with Gasteiger partial charge in [0.25, 0.3) is 0 Å². The van der Waals surface area contributed by atoms with E-state index in [4.69, 9.17) is 5.26 Å². The summed E-state index contributed by atoms with van der Waals surface area (Å²) >= 11 is 0. The van der Waals surface area contributed by atoms with Gasteiger partial charge in [-0.25, -0.2) is 9.78 Å². The Kier molecular flexibility index (Phi) is 5.18. The van der Waals surface area contributed by atoms with E-state index in [2.05, 4.69) is 9.78 Å². The van der Waals surface area contributed by atoms with E-state index >= 15 is 0 Å². The molecule has 0 heterocycles. The first-order valence-electron chi connectivity index (χ1n) is 3.03. The van der Waals surface area contributed by atoms with E-state index in [-0.39, 0.29) is 0 Å². The van der Waals surface area contributed by atoms with E-state index in [1.807, 2.05) is 19.9 Å². The third kappa shape index (κ3) is 3.95. The van der Waals surface area contributed by atoms with Crippen molar-refractivity contribution in [3.63, 3.8) is 0 Å².